The van der Waals surface area contributed by atoms with Crippen LogP contribution in [0, 0.1) is 17.6 Å². The SMILES string of the molecule is CC(CN)C(=O)N(C)c1cc(F)ccc1F. The first-order chi connectivity index (χ1) is 7.47. The van der Waals surface area contributed by atoms with Crippen molar-refractivity contribution in [1.82, 2.24) is 0 Å². The lowest BCUT2D eigenvalue weighted by atomic mass is 10.1. The quantitative estimate of drug-likeness (QED) is 0.852. The van der Waals surface area contributed by atoms with E-state index in [0.29, 0.717) is 0 Å². The van der Waals surface area contributed by atoms with Crippen LogP contribution in [0.2, 0.25) is 0 Å². The number of benzene rings is 1. The molecule has 16 heavy (non-hydrogen) atoms. The van der Waals surface area contributed by atoms with E-state index in [4.69, 9.17) is 5.73 Å². The standard InChI is InChI=1S/C11H14F2N2O/c1-7(6-14)11(16)15(2)10-5-8(12)3-4-9(10)13/h3-5,7H,6,14H2,1-2H3. The van der Waals surface area contributed by atoms with E-state index >= 15 is 0 Å². The minimum Gasteiger partial charge on any atom is -0.330 e. The number of rotatable bonds is 3. The lowest BCUT2D eigenvalue weighted by Crippen LogP contribution is -2.35. The van der Waals surface area contributed by atoms with Crippen LogP contribution in [-0.4, -0.2) is 19.5 Å². The fourth-order valence-electron chi connectivity index (χ4n) is 1.29. The molecule has 0 aliphatic heterocycles. The summed E-state index contributed by atoms with van der Waals surface area (Å²) in [6.45, 7) is 1.80. The number of hydrogen-bond acceptors (Lipinski definition) is 2. The van der Waals surface area contributed by atoms with Gasteiger partial charge in [0.05, 0.1) is 5.69 Å². The van der Waals surface area contributed by atoms with Gasteiger partial charge in [-0.1, -0.05) is 6.92 Å². The number of amides is 1. The highest BCUT2D eigenvalue weighted by Gasteiger charge is 2.20. The number of halogens is 2. The molecule has 0 bridgehead atoms. The Morgan fingerprint density at radius 1 is 1.50 bits per heavy atom. The van der Waals surface area contributed by atoms with Crippen LogP contribution in [0.4, 0.5) is 14.5 Å². The van der Waals surface area contributed by atoms with Crippen molar-refractivity contribution in [3.8, 4) is 0 Å². The third-order valence-electron chi connectivity index (χ3n) is 2.38. The normalized spacial score (nSPS) is 12.3. The molecule has 88 valence electrons. The summed E-state index contributed by atoms with van der Waals surface area (Å²) < 4.78 is 26.3. The largest absolute Gasteiger partial charge is 0.330 e. The summed E-state index contributed by atoms with van der Waals surface area (Å²) >= 11 is 0. The van der Waals surface area contributed by atoms with Gasteiger partial charge in [-0.25, -0.2) is 8.78 Å². The average molecular weight is 228 g/mol. The van der Waals surface area contributed by atoms with E-state index in [1.54, 1.807) is 6.92 Å². The van der Waals surface area contributed by atoms with E-state index < -0.39 is 17.6 Å². The fourth-order valence-corrected chi connectivity index (χ4v) is 1.29. The molecule has 5 heteroatoms. The van der Waals surface area contributed by atoms with E-state index in [0.717, 1.165) is 23.1 Å². The van der Waals surface area contributed by atoms with Crippen LogP contribution in [0.3, 0.4) is 0 Å². The Labute approximate surface area is 92.8 Å². The summed E-state index contributed by atoms with van der Waals surface area (Å²) in [5, 5.41) is 0. The van der Waals surface area contributed by atoms with Gasteiger partial charge in [-0.3, -0.25) is 4.79 Å². The van der Waals surface area contributed by atoms with Gasteiger partial charge in [0, 0.05) is 25.6 Å². The van der Waals surface area contributed by atoms with Crippen LogP contribution in [0.5, 0.6) is 0 Å². The molecule has 0 aromatic heterocycles. The molecule has 0 saturated heterocycles. The summed E-state index contributed by atoms with van der Waals surface area (Å²) in [4.78, 5) is 12.8. The third kappa shape index (κ3) is 2.55. The third-order valence-corrected chi connectivity index (χ3v) is 2.38. The minimum absolute atomic E-state index is 0.0784. The maximum atomic E-state index is 13.4. The predicted octanol–water partition coefficient (Wildman–Crippen LogP) is 1.52. The van der Waals surface area contributed by atoms with Crippen LogP contribution in [-0.2, 0) is 4.79 Å². The van der Waals surface area contributed by atoms with Crippen molar-refractivity contribution >= 4 is 11.6 Å². The molecule has 0 spiro atoms. The van der Waals surface area contributed by atoms with Gasteiger partial charge in [0.2, 0.25) is 5.91 Å². The second-order valence-electron chi connectivity index (χ2n) is 3.63. The Balaban J connectivity index is 3.00. The molecular weight excluding hydrogens is 214 g/mol. The van der Waals surface area contributed by atoms with Crippen molar-refractivity contribution in [2.75, 3.05) is 18.5 Å². The van der Waals surface area contributed by atoms with Crippen molar-refractivity contribution in [2.24, 2.45) is 11.7 Å². The molecule has 1 rings (SSSR count). The predicted molar refractivity (Wildman–Crippen MR) is 58.0 cm³/mol. The van der Waals surface area contributed by atoms with E-state index in [1.165, 1.54) is 7.05 Å². The Morgan fingerprint density at radius 2 is 2.12 bits per heavy atom. The highest BCUT2D eigenvalue weighted by molar-refractivity contribution is 5.94. The summed E-state index contributed by atoms with van der Waals surface area (Å²) in [6, 6.07) is 2.97. The molecule has 1 amide bonds. The van der Waals surface area contributed by atoms with Crippen molar-refractivity contribution in [3.63, 3.8) is 0 Å². The van der Waals surface area contributed by atoms with Gasteiger partial charge in [-0.05, 0) is 12.1 Å². The van der Waals surface area contributed by atoms with Gasteiger partial charge in [-0.15, -0.1) is 0 Å². The second-order valence-corrected chi connectivity index (χ2v) is 3.63. The monoisotopic (exact) mass is 228 g/mol. The fraction of sp³-hybridized carbons (Fsp3) is 0.364. The van der Waals surface area contributed by atoms with E-state index in [1.807, 2.05) is 0 Å². The molecule has 1 unspecified atom stereocenters. The van der Waals surface area contributed by atoms with Gasteiger partial charge in [0.1, 0.15) is 11.6 Å². The van der Waals surface area contributed by atoms with Gasteiger partial charge < -0.3 is 10.6 Å². The molecule has 1 aromatic carbocycles. The van der Waals surface area contributed by atoms with Crippen LogP contribution in [0.15, 0.2) is 18.2 Å². The highest BCUT2D eigenvalue weighted by Crippen LogP contribution is 2.20. The zero-order valence-corrected chi connectivity index (χ0v) is 9.21. The number of nitrogens with two attached hydrogens (primary N) is 1. The van der Waals surface area contributed by atoms with Crippen molar-refractivity contribution < 1.29 is 13.6 Å². The second kappa shape index (κ2) is 5.03. The molecular formula is C11H14F2N2O. The van der Waals surface area contributed by atoms with Crippen LogP contribution in [0.25, 0.3) is 0 Å². The summed E-state index contributed by atoms with van der Waals surface area (Å²) in [6.07, 6.45) is 0. The van der Waals surface area contributed by atoms with Crippen molar-refractivity contribution in [2.45, 2.75) is 6.92 Å². The zero-order chi connectivity index (χ0) is 12.3. The Morgan fingerprint density at radius 3 is 2.69 bits per heavy atom. The molecule has 0 aliphatic carbocycles. The summed E-state index contributed by atoms with van der Waals surface area (Å²) in [5.74, 6) is -1.99. The lowest BCUT2D eigenvalue weighted by molar-refractivity contribution is -0.121. The molecule has 0 fully saturated rings. The van der Waals surface area contributed by atoms with Gasteiger partial charge >= 0.3 is 0 Å². The number of hydrogen-bond donors (Lipinski definition) is 1. The van der Waals surface area contributed by atoms with Crippen LogP contribution in [0.1, 0.15) is 6.92 Å². The number of carbonyl (C=O) groups excluding carboxylic acids is 1. The van der Waals surface area contributed by atoms with E-state index in [2.05, 4.69) is 0 Å². The van der Waals surface area contributed by atoms with Crippen molar-refractivity contribution in [1.29, 1.82) is 0 Å². The maximum Gasteiger partial charge on any atom is 0.230 e. The van der Waals surface area contributed by atoms with Gasteiger partial charge in [0.25, 0.3) is 0 Å². The topological polar surface area (TPSA) is 46.3 Å². The summed E-state index contributed by atoms with van der Waals surface area (Å²) in [7, 11) is 1.40. The first-order valence-electron chi connectivity index (χ1n) is 4.90. The molecule has 0 radical (unpaired) electrons. The number of anilines is 1. The summed E-state index contributed by atoms with van der Waals surface area (Å²) in [5.41, 5.74) is 5.26. The maximum absolute atomic E-state index is 13.4. The molecule has 2 N–H and O–H groups in total. The van der Waals surface area contributed by atoms with Crippen LogP contribution < -0.4 is 10.6 Å². The lowest BCUT2D eigenvalue weighted by Gasteiger charge is -2.21. The van der Waals surface area contributed by atoms with E-state index in [-0.39, 0.29) is 18.1 Å². The Hall–Kier alpha value is -1.49. The highest BCUT2D eigenvalue weighted by atomic mass is 19.1. The van der Waals surface area contributed by atoms with Crippen molar-refractivity contribution in [3.05, 3.63) is 29.8 Å². The Bertz CT molecular complexity index is 396. The van der Waals surface area contributed by atoms with Gasteiger partial charge in [-0.2, -0.15) is 0 Å². The first kappa shape index (κ1) is 12.6. The number of carbonyl (C=O) groups is 1. The smallest absolute Gasteiger partial charge is 0.230 e. The Kier molecular flexibility index (Phi) is 3.95. The average Bonchev–Trinajstić information content (AvgIpc) is 2.29. The van der Waals surface area contributed by atoms with E-state index in [9.17, 15) is 13.6 Å². The molecule has 3 nitrogen and oxygen atoms in total. The molecule has 0 saturated carbocycles. The molecule has 0 aliphatic rings. The van der Waals surface area contributed by atoms with Crippen LogP contribution >= 0.6 is 0 Å². The molecule has 1 atom stereocenters. The zero-order valence-electron chi connectivity index (χ0n) is 9.21. The van der Waals surface area contributed by atoms with Gasteiger partial charge in [0.15, 0.2) is 0 Å². The minimum atomic E-state index is -0.638. The number of nitrogens with zero attached hydrogens (tertiary/aromatic N) is 1. The molecule has 1 aromatic rings. The first-order valence-corrected chi connectivity index (χ1v) is 4.90. The molecule has 0 heterocycles.